The summed E-state index contributed by atoms with van der Waals surface area (Å²) in [4.78, 5) is 3.72. The third-order valence-electron chi connectivity index (χ3n) is 5.93. The molecular formula is C22H19F4N5OS. The first-order valence-electron chi connectivity index (χ1n) is 10.3. The highest BCUT2D eigenvalue weighted by molar-refractivity contribution is 7.80. The van der Waals surface area contributed by atoms with Gasteiger partial charge in [0.1, 0.15) is 11.6 Å². The Kier molecular flexibility index (Phi) is 5.53. The molecule has 5 rings (SSSR count). The maximum atomic E-state index is 15.0. The summed E-state index contributed by atoms with van der Waals surface area (Å²) in [7, 11) is 0. The maximum Gasteiger partial charge on any atom is 0.314 e. The third kappa shape index (κ3) is 4.18. The van der Waals surface area contributed by atoms with Crippen molar-refractivity contribution in [3.63, 3.8) is 0 Å². The van der Waals surface area contributed by atoms with E-state index in [9.17, 15) is 17.6 Å². The second-order valence-electron chi connectivity index (χ2n) is 8.36. The minimum Gasteiger partial charge on any atom is -0.415 e. The van der Waals surface area contributed by atoms with Crippen molar-refractivity contribution in [2.24, 2.45) is 5.41 Å². The molecule has 0 atom stereocenters. The molecule has 0 bridgehead atoms. The summed E-state index contributed by atoms with van der Waals surface area (Å²) < 4.78 is 59.2. The summed E-state index contributed by atoms with van der Waals surface area (Å²) in [6.45, 7) is 3.50. The fourth-order valence-electron chi connectivity index (χ4n) is 4.10. The largest absolute Gasteiger partial charge is 0.415 e. The maximum absolute atomic E-state index is 15.0. The van der Waals surface area contributed by atoms with Crippen LogP contribution in [-0.2, 0) is 6.54 Å². The van der Waals surface area contributed by atoms with Gasteiger partial charge in [-0.05, 0) is 42.5 Å². The molecule has 1 N–H and O–H groups in total. The molecule has 1 spiro atoms. The molecule has 1 aromatic heterocycles. The predicted octanol–water partition coefficient (Wildman–Crippen LogP) is 4.15. The van der Waals surface area contributed by atoms with Crippen LogP contribution in [-0.4, -0.2) is 46.4 Å². The Hall–Kier alpha value is -3.05. The number of hydrogen-bond acceptors (Lipinski definition) is 5. The summed E-state index contributed by atoms with van der Waals surface area (Å²) in [5, 5.41) is 10.6. The van der Waals surface area contributed by atoms with E-state index in [2.05, 4.69) is 15.5 Å². The van der Waals surface area contributed by atoms with E-state index >= 15 is 0 Å². The smallest absolute Gasteiger partial charge is 0.314 e. The average Bonchev–Trinajstić information content (AvgIpc) is 3.21. The summed E-state index contributed by atoms with van der Waals surface area (Å²) in [5.41, 5.74) is 1.21. The molecule has 0 aliphatic carbocycles. The van der Waals surface area contributed by atoms with Gasteiger partial charge >= 0.3 is 6.43 Å². The van der Waals surface area contributed by atoms with Crippen molar-refractivity contribution >= 4 is 23.0 Å². The number of likely N-dealkylation sites (tertiary alicyclic amines) is 1. The first kappa shape index (κ1) is 21.8. The zero-order valence-electron chi connectivity index (χ0n) is 17.3. The fourth-order valence-corrected chi connectivity index (χ4v) is 4.40. The third-order valence-corrected chi connectivity index (χ3v) is 6.41. The van der Waals surface area contributed by atoms with Crippen molar-refractivity contribution in [2.75, 3.05) is 31.1 Å². The summed E-state index contributed by atoms with van der Waals surface area (Å²) >= 11 is 5.70. The lowest BCUT2D eigenvalue weighted by atomic mass is 9.75. The minimum atomic E-state index is -2.91. The SMILES string of the molecule is Fc1cccc(N(Cc2ccc(-c3nnc(C(F)F)o3)cc2F)C(=S)N2CC3(CNC3)C2)c1. The predicted molar refractivity (Wildman–Crippen MR) is 117 cm³/mol. The van der Waals surface area contributed by atoms with E-state index in [0.29, 0.717) is 16.4 Å². The summed E-state index contributed by atoms with van der Waals surface area (Å²) in [6, 6.07) is 10.1. The molecule has 2 saturated heterocycles. The van der Waals surface area contributed by atoms with Crippen LogP contribution in [0, 0.1) is 17.0 Å². The summed E-state index contributed by atoms with van der Waals surface area (Å²) in [5.74, 6) is -2.05. The lowest BCUT2D eigenvalue weighted by Gasteiger charge is -2.57. The molecule has 3 heterocycles. The Labute approximate surface area is 192 Å². The van der Waals surface area contributed by atoms with Crippen LogP contribution in [0.3, 0.4) is 0 Å². The quantitative estimate of drug-likeness (QED) is 0.438. The van der Waals surface area contributed by atoms with Gasteiger partial charge in [-0.2, -0.15) is 8.78 Å². The Balaban J connectivity index is 1.39. The summed E-state index contributed by atoms with van der Waals surface area (Å²) in [6.07, 6.45) is -2.91. The first-order valence-corrected chi connectivity index (χ1v) is 10.7. The number of halogens is 4. The Bertz CT molecular complexity index is 1190. The molecule has 33 heavy (non-hydrogen) atoms. The van der Waals surface area contributed by atoms with Gasteiger partial charge in [0, 0.05) is 48.4 Å². The zero-order chi connectivity index (χ0) is 23.2. The van der Waals surface area contributed by atoms with E-state index in [1.54, 1.807) is 17.0 Å². The molecule has 0 unspecified atom stereocenters. The Morgan fingerprint density at radius 2 is 1.94 bits per heavy atom. The van der Waals surface area contributed by atoms with Gasteiger partial charge in [0.25, 0.3) is 5.89 Å². The number of hydrogen-bond donors (Lipinski definition) is 1. The highest BCUT2D eigenvalue weighted by atomic mass is 32.1. The number of nitrogens with one attached hydrogen (secondary N) is 1. The van der Waals surface area contributed by atoms with Crippen LogP contribution in [0.5, 0.6) is 0 Å². The van der Waals surface area contributed by atoms with Crippen molar-refractivity contribution in [2.45, 2.75) is 13.0 Å². The van der Waals surface area contributed by atoms with Gasteiger partial charge in [-0.3, -0.25) is 0 Å². The van der Waals surface area contributed by atoms with Crippen LogP contribution in [0.2, 0.25) is 0 Å². The van der Waals surface area contributed by atoms with Gasteiger partial charge in [-0.25, -0.2) is 8.78 Å². The molecule has 6 nitrogen and oxygen atoms in total. The lowest BCUT2D eigenvalue weighted by molar-refractivity contribution is 0.00757. The average molecular weight is 477 g/mol. The molecule has 0 saturated carbocycles. The highest BCUT2D eigenvalue weighted by Crippen LogP contribution is 2.36. The van der Waals surface area contributed by atoms with Gasteiger partial charge in [0.2, 0.25) is 5.89 Å². The normalized spacial score (nSPS) is 16.6. The van der Waals surface area contributed by atoms with Crippen LogP contribution in [0.4, 0.5) is 23.2 Å². The number of thiocarbonyl (C=S) groups is 1. The number of rotatable bonds is 5. The monoisotopic (exact) mass is 477 g/mol. The Morgan fingerprint density at radius 1 is 1.15 bits per heavy atom. The topological polar surface area (TPSA) is 57.4 Å². The van der Waals surface area contributed by atoms with Gasteiger partial charge < -0.3 is 19.5 Å². The number of aromatic nitrogens is 2. The minimum absolute atomic E-state index is 0.0578. The highest BCUT2D eigenvalue weighted by Gasteiger charge is 2.49. The second-order valence-corrected chi connectivity index (χ2v) is 8.73. The van der Waals surface area contributed by atoms with Crippen molar-refractivity contribution in [1.82, 2.24) is 20.4 Å². The van der Waals surface area contributed by atoms with Crippen LogP contribution in [0.15, 0.2) is 46.9 Å². The van der Waals surface area contributed by atoms with Crippen molar-refractivity contribution in [3.8, 4) is 11.5 Å². The number of benzene rings is 2. The molecule has 0 radical (unpaired) electrons. The van der Waals surface area contributed by atoms with Crippen LogP contribution < -0.4 is 10.2 Å². The number of anilines is 1. The molecule has 2 aromatic carbocycles. The first-order chi connectivity index (χ1) is 15.8. The van der Waals surface area contributed by atoms with Gasteiger partial charge in [0.05, 0.1) is 6.54 Å². The molecule has 0 amide bonds. The molecule has 172 valence electrons. The van der Waals surface area contributed by atoms with Crippen molar-refractivity contribution in [3.05, 3.63) is 65.6 Å². The molecule has 2 aliphatic rings. The molecule has 2 fully saturated rings. The second kappa shape index (κ2) is 8.38. The Morgan fingerprint density at radius 3 is 2.55 bits per heavy atom. The number of alkyl halides is 2. The van der Waals surface area contributed by atoms with Crippen molar-refractivity contribution in [1.29, 1.82) is 0 Å². The lowest BCUT2D eigenvalue weighted by Crippen LogP contribution is -2.73. The molecular weight excluding hydrogens is 458 g/mol. The fraction of sp³-hybridized carbons (Fsp3) is 0.318. The zero-order valence-corrected chi connectivity index (χ0v) is 18.1. The molecule has 3 aromatic rings. The van der Waals surface area contributed by atoms with E-state index in [-0.39, 0.29) is 23.4 Å². The number of nitrogens with zero attached hydrogens (tertiary/aromatic N) is 4. The van der Waals surface area contributed by atoms with Crippen LogP contribution in [0.1, 0.15) is 17.9 Å². The van der Waals surface area contributed by atoms with E-state index < -0.39 is 24.0 Å². The van der Waals surface area contributed by atoms with E-state index in [0.717, 1.165) is 32.2 Å². The van der Waals surface area contributed by atoms with Gasteiger partial charge in [-0.1, -0.05) is 12.1 Å². The van der Waals surface area contributed by atoms with E-state index in [4.69, 9.17) is 16.6 Å². The van der Waals surface area contributed by atoms with Crippen molar-refractivity contribution < 1.29 is 22.0 Å². The van der Waals surface area contributed by atoms with Crippen LogP contribution >= 0.6 is 12.2 Å². The van der Waals surface area contributed by atoms with Crippen LogP contribution in [0.25, 0.3) is 11.5 Å². The molecule has 2 aliphatic heterocycles. The van der Waals surface area contributed by atoms with E-state index in [1.807, 2.05) is 4.90 Å². The van der Waals surface area contributed by atoms with Gasteiger partial charge in [-0.15, -0.1) is 10.2 Å². The standard InChI is InChI=1S/C22H19F4N5OS/c23-15-2-1-3-16(7-15)31(21(33)30-11-22(12-30)9-27-10-22)8-14-5-4-13(6-17(14)24)19-28-29-20(32-19)18(25)26/h1-7,18,27H,8-12H2. The molecule has 11 heteroatoms. The van der Waals surface area contributed by atoms with E-state index in [1.165, 1.54) is 24.3 Å². The van der Waals surface area contributed by atoms with Gasteiger partial charge in [0.15, 0.2) is 5.11 Å².